The van der Waals surface area contributed by atoms with Gasteiger partial charge in [0.05, 0.1) is 6.04 Å². The second-order valence-electron chi connectivity index (χ2n) is 5.87. The normalized spacial score (nSPS) is 17.7. The largest absolute Gasteiger partial charge is 0.315 e. The molecular formula is C19H23FN2S. The lowest BCUT2D eigenvalue weighted by atomic mass is 9.96. The maximum atomic E-state index is 13.3. The van der Waals surface area contributed by atoms with Crippen LogP contribution in [0.3, 0.4) is 0 Å². The fraction of sp³-hybridized carbons (Fsp3) is 0.368. The second kappa shape index (κ2) is 7.95. The zero-order valence-corrected chi connectivity index (χ0v) is 14.3. The van der Waals surface area contributed by atoms with Crippen LogP contribution < -0.4 is 5.32 Å². The summed E-state index contributed by atoms with van der Waals surface area (Å²) < 4.78 is 13.3. The van der Waals surface area contributed by atoms with Crippen LogP contribution in [-0.4, -0.2) is 37.3 Å². The summed E-state index contributed by atoms with van der Waals surface area (Å²) in [5.74, 6) is -0.178. The quantitative estimate of drug-likeness (QED) is 0.855. The topological polar surface area (TPSA) is 15.3 Å². The van der Waals surface area contributed by atoms with Crippen molar-refractivity contribution in [2.24, 2.45) is 0 Å². The van der Waals surface area contributed by atoms with Crippen LogP contribution in [0.2, 0.25) is 0 Å². The summed E-state index contributed by atoms with van der Waals surface area (Å²) in [6.45, 7) is 4.13. The molecule has 0 spiro atoms. The number of hydrogen-bond acceptors (Lipinski definition) is 3. The van der Waals surface area contributed by atoms with Gasteiger partial charge in [-0.2, -0.15) is 0 Å². The fourth-order valence-electron chi connectivity index (χ4n) is 3.17. The highest BCUT2D eigenvalue weighted by atomic mass is 32.2. The first-order valence-electron chi connectivity index (χ1n) is 8.12. The lowest BCUT2D eigenvalue weighted by molar-refractivity contribution is 0.241. The Labute approximate surface area is 142 Å². The number of nitrogens with one attached hydrogen (secondary N) is 1. The number of rotatable bonds is 4. The first-order valence-corrected chi connectivity index (χ1v) is 9.34. The summed E-state index contributed by atoms with van der Waals surface area (Å²) in [4.78, 5) is 3.77. The molecule has 2 nitrogen and oxygen atoms in total. The molecule has 3 rings (SSSR count). The maximum absolute atomic E-state index is 13.3. The van der Waals surface area contributed by atoms with Crippen LogP contribution in [0.25, 0.3) is 0 Å². The highest BCUT2D eigenvalue weighted by Gasteiger charge is 2.23. The van der Waals surface area contributed by atoms with E-state index in [0.29, 0.717) is 0 Å². The Morgan fingerprint density at radius 1 is 0.957 bits per heavy atom. The van der Waals surface area contributed by atoms with E-state index in [9.17, 15) is 4.39 Å². The van der Waals surface area contributed by atoms with E-state index < -0.39 is 0 Å². The van der Waals surface area contributed by atoms with Gasteiger partial charge in [-0.15, -0.1) is 11.8 Å². The summed E-state index contributed by atoms with van der Waals surface area (Å²) >= 11 is 1.75. The Kier molecular flexibility index (Phi) is 5.70. The van der Waals surface area contributed by atoms with Gasteiger partial charge >= 0.3 is 0 Å². The van der Waals surface area contributed by atoms with E-state index in [0.717, 1.165) is 38.2 Å². The van der Waals surface area contributed by atoms with Gasteiger partial charge in [0, 0.05) is 24.5 Å². The summed E-state index contributed by atoms with van der Waals surface area (Å²) in [6, 6.07) is 15.9. The van der Waals surface area contributed by atoms with Crippen LogP contribution >= 0.6 is 11.8 Å². The zero-order chi connectivity index (χ0) is 16.1. The van der Waals surface area contributed by atoms with Crippen molar-refractivity contribution in [1.29, 1.82) is 0 Å². The molecule has 2 aromatic carbocycles. The van der Waals surface area contributed by atoms with Gasteiger partial charge in [-0.1, -0.05) is 24.3 Å². The van der Waals surface area contributed by atoms with Gasteiger partial charge in [0.15, 0.2) is 0 Å². The third-order valence-corrected chi connectivity index (χ3v) is 5.10. The molecule has 0 bridgehead atoms. The van der Waals surface area contributed by atoms with Gasteiger partial charge in [0.1, 0.15) is 5.82 Å². The highest BCUT2D eigenvalue weighted by molar-refractivity contribution is 7.98. The standard InChI is InChI=1S/C19H23FN2S/c1-23-18-9-5-16(6-10-18)19(15-3-7-17(20)8-4-15)22-13-2-11-21-12-14-22/h3-10,19,21H,2,11-14H2,1H3. The summed E-state index contributed by atoms with van der Waals surface area (Å²) in [5.41, 5.74) is 2.43. The molecular weight excluding hydrogens is 307 g/mol. The van der Waals surface area contributed by atoms with E-state index in [-0.39, 0.29) is 11.9 Å². The van der Waals surface area contributed by atoms with Gasteiger partial charge in [-0.05, 0) is 54.6 Å². The molecule has 1 N–H and O–H groups in total. The Balaban J connectivity index is 1.95. The van der Waals surface area contributed by atoms with Crippen molar-refractivity contribution in [1.82, 2.24) is 10.2 Å². The molecule has 23 heavy (non-hydrogen) atoms. The van der Waals surface area contributed by atoms with E-state index in [1.165, 1.54) is 10.5 Å². The molecule has 1 fully saturated rings. The van der Waals surface area contributed by atoms with Crippen molar-refractivity contribution in [3.05, 3.63) is 65.5 Å². The molecule has 0 amide bonds. The average Bonchev–Trinajstić information content (AvgIpc) is 2.87. The fourth-order valence-corrected chi connectivity index (χ4v) is 3.58. The smallest absolute Gasteiger partial charge is 0.123 e. The molecule has 2 aromatic rings. The number of halogens is 1. The van der Waals surface area contributed by atoms with Gasteiger partial charge in [0.2, 0.25) is 0 Å². The third-order valence-electron chi connectivity index (χ3n) is 4.36. The lowest BCUT2D eigenvalue weighted by Gasteiger charge is -2.31. The molecule has 1 saturated heterocycles. The first kappa shape index (κ1) is 16.5. The molecule has 4 heteroatoms. The van der Waals surface area contributed by atoms with E-state index in [4.69, 9.17) is 0 Å². The van der Waals surface area contributed by atoms with E-state index >= 15 is 0 Å². The van der Waals surface area contributed by atoms with Crippen LogP contribution in [0.15, 0.2) is 53.4 Å². The molecule has 1 aliphatic heterocycles. The van der Waals surface area contributed by atoms with Gasteiger partial charge in [-0.3, -0.25) is 4.90 Å². The number of hydrogen-bond donors (Lipinski definition) is 1. The van der Waals surface area contributed by atoms with Crippen molar-refractivity contribution in [2.75, 3.05) is 32.4 Å². The number of nitrogens with zero attached hydrogens (tertiary/aromatic N) is 1. The molecule has 0 radical (unpaired) electrons. The van der Waals surface area contributed by atoms with Crippen LogP contribution in [0.5, 0.6) is 0 Å². The first-order chi connectivity index (χ1) is 11.3. The Bertz CT molecular complexity index is 604. The predicted octanol–water partition coefficient (Wildman–Crippen LogP) is 3.93. The molecule has 122 valence electrons. The van der Waals surface area contributed by atoms with Crippen LogP contribution in [0, 0.1) is 5.82 Å². The van der Waals surface area contributed by atoms with Crippen molar-refractivity contribution in [3.8, 4) is 0 Å². The Morgan fingerprint density at radius 2 is 1.61 bits per heavy atom. The van der Waals surface area contributed by atoms with Gasteiger partial charge in [-0.25, -0.2) is 4.39 Å². The summed E-state index contributed by atoms with van der Waals surface area (Å²) in [7, 11) is 0. The lowest BCUT2D eigenvalue weighted by Crippen LogP contribution is -2.33. The summed E-state index contributed by atoms with van der Waals surface area (Å²) in [5, 5.41) is 3.46. The number of benzene rings is 2. The SMILES string of the molecule is CSc1ccc(C(c2ccc(F)cc2)N2CCCNCC2)cc1. The minimum atomic E-state index is -0.178. The highest BCUT2D eigenvalue weighted by Crippen LogP contribution is 2.30. The van der Waals surface area contributed by atoms with E-state index in [1.54, 1.807) is 23.9 Å². The molecule has 1 atom stereocenters. The minimum Gasteiger partial charge on any atom is -0.315 e. The molecule has 1 unspecified atom stereocenters. The Hall–Kier alpha value is -1.36. The van der Waals surface area contributed by atoms with Crippen LogP contribution in [0.4, 0.5) is 4.39 Å². The molecule has 0 aliphatic carbocycles. The summed E-state index contributed by atoms with van der Waals surface area (Å²) in [6.07, 6.45) is 3.23. The van der Waals surface area contributed by atoms with E-state index in [1.807, 2.05) is 12.1 Å². The number of thioether (sulfide) groups is 1. The molecule has 0 aromatic heterocycles. The monoisotopic (exact) mass is 330 g/mol. The van der Waals surface area contributed by atoms with Crippen molar-refractivity contribution >= 4 is 11.8 Å². The minimum absolute atomic E-state index is 0.178. The van der Waals surface area contributed by atoms with Crippen LogP contribution in [0.1, 0.15) is 23.6 Å². The van der Waals surface area contributed by atoms with E-state index in [2.05, 4.69) is 40.7 Å². The second-order valence-corrected chi connectivity index (χ2v) is 6.75. The average molecular weight is 330 g/mol. The van der Waals surface area contributed by atoms with Crippen LogP contribution in [-0.2, 0) is 0 Å². The molecule has 1 aliphatic rings. The Morgan fingerprint density at radius 3 is 2.26 bits per heavy atom. The van der Waals surface area contributed by atoms with Crippen molar-refractivity contribution in [3.63, 3.8) is 0 Å². The maximum Gasteiger partial charge on any atom is 0.123 e. The third kappa shape index (κ3) is 4.14. The predicted molar refractivity (Wildman–Crippen MR) is 95.5 cm³/mol. The molecule has 1 heterocycles. The van der Waals surface area contributed by atoms with Crippen molar-refractivity contribution in [2.45, 2.75) is 17.4 Å². The molecule has 0 saturated carbocycles. The zero-order valence-electron chi connectivity index (χ0n) is 13.5. The van der Waals surface area contributed by atoms with Gasteiger partial charge in [0.25, 0.3) is 0 Å². The van der Waals surface area contributed by atoms with Crippen molar-refractivity contribution < 1.29 is 4.39 Å². The van der Waals surface area contributed by atoms with Gasteiger partial charge < -0.3 is 5.32 Å².